The summed E-state index contributed by atoms with van der Waals surface area (Å²) in [5.74, 6) is 0.722. The second kappa shape index (κ2) is 11.5. The fourth-order valence-electron chi connectivity index (χ4n) is 6.57. The highest BCUT2D eigenvalue weighted by molar-refractivity contribution is 7.25. The Morgan fingerprint density at radius 1 is 0.319 bits per heavy atom. The zero-order valence-electron chi connectivity index (χ0n) is 25.5. The van der Waals surface area contributed by atoms with Gasteiger partial charge in [-0.1, -0.05) is 140 Å². The summed E-state index contributed by atoms with van der Waals surface area (Å²) in [4.78, 5) is 10.2. The standard InChI is InChI=1S/C44H28N2S/c1-3-11-31(12-4-1)40-28-41(32-13-5-2-6-14-32)46-44(45-40)38-25-24-34(35-15-7-8-16-36(35)38)30-21-19-29(20-22-30)33-23-26-43-39(27-33)37-17-9-10-18-42(37)47-43/h1-28H. The Morgan fingerprint density at radius 3 is 1.51 bits per heavy atom. The van der Waals surface area contributed by atoms with E-state index in [2.05, 4.69) is 158 Å². The second-order valence-electron chi connectivity index (χ2n) is 11.8. The largest absolute Gasteiger partial charge is 0.228 e. The van der Waals surface area contributed by atoms with E-state index in [1.165, 1.54) is 47.8 Å². The number of aromatic nitrogens is 2. The Kier molecular flexibility index (Phi) is 6.69. The van der Waals surface area contributed by atoms with Crippen LogP contribution >= 0.6 is 11.3 Å². The molecule has 0 amide bonds. The van der Waals surface area contributed by atoms with Gasteiger partial charge in [-0.15, -0.1) is 11.3 Å². The Labute approximate surface area is 277 Å². The van der Waals surface area contributed by atoms with E-state index in [-0.39, 0.29) is 0 Å². The molecule has 0 saturated carbocycles. The van der Waals surface area contributed by atoms with E-state index in [1.807, 2.05) is 23.5 Å². The molecule has 0 atom stereocenters. The molecule has 0 saturated heterocycles. The van der Waals surface area contributed by atoms with E-state index >= 15 is 0 Å². The second-order valence-corrected chi connectivity index (χ2v) is 12.9. The van der Waals surface area contributed by atoms with E-state index in [0.717, 1.165) is 39.3 Å². The van der Waals surface area contributed by atoms with Crippen LogP contribution in [0.15, 0.2) is 170 Å². The van der Waals surface area contributed by atoms with Crippen molar-refractivity contribution in [3.8, 4) is 56.2 Å². The van der Waals surface area contributed by atoms with Crippen LogP contribution in [0.5, 0.6) is 0 Å². The molecule has 9 rings (SSSR count). The van der Waals surface area contributed by atoms with Crippen molar-refractivity contribution in [1.82, 2.24) is 9.97 Å². The van der Waals surface area contributed by atoms with E-state index < -0.39 is 0 Å². The number of hydrogen-bond acceptors (Lipinski definition) is 3. The maximum absolute atomic E-state index is 5.12. The first kappa shape index (κ1) is 27.4. The molecule has 2 aromatic heterocycles. The van der Waals surface area contributed by atoms with E-state index in [0.29, 0.717) is 0 Å². The van der Waals surface area contributed by atoms with Crippen molar-refractivity contribution in [3.05, 3.63) is 170 Å². The average Bonchev–Trinajstić information content (AvgIpc) is 3.53. The first-order valence-electron chi connectivity index (χ1n) is 15.8. The summed E-state index contributed by atoms with van der Waals surface area (Å²) in [5, 5.41) is 4.96. The number of rotatable bonds is 5. The molecule has 3 heteroatoms. The molecule has 220 valence electrons. The van der Waals surface area contributed by atoms with Gasteiger partial charge in [0, 0.05) is 36.9 Å². The molecule has 7 aromatic carbocycles. The zero-order chi connectivity index (χ0) is 31.2. The number of hydrogen-bond donors (Lipinski definition) is 0. The molecule has 0 N–H and O–H groups in total. The van der Waals surface area contributed by atoms with Crippen LogP contribution in [0.25, 0.3) is 87.1 Å². The molecule has 0 fully saturated rings. The molecule has 0 unspecified atom stereocenters. The Bertz CT molecular complexity index is 2490. The van der Waals surface area contributed by atoms with Gasteiger partial charge in [0.25, 0.3) is 0 Å². The third-order valence-electron chi connectivity index (χ3n) is 8.94. The Balaban J connectivity index is 1.13. The minimum absolute atomic E-state index is 0.722. The van der Waals surface area contributed by atoms with Crippen molar-refractivity contribution in [2.24, 2.45) is 0 Å². The predicted octanol–water partition coefficient (Wildman–Crippen LogP) is 12.3. The van der Waals surface area contributed by atoms with Crippen molar-refractivity contribution in [2.75, 3.05) is 0 Å². The SMILES string of the molecule is c1ccc(-c2cc(-c3ccccc3)nc(-c3ccc(-c4ccc(-c5ccc6sc7ccccc7c6c5)cc4)c4ccccc34)n2)cc1. The Hall–Kier alpha value is -5.90. The summed E-state index contributed by atoms with van der Waals surface area (Å²) in [6.45, 7) is 0. The van der Waals surface area contributed by atoms with Gasteiger partial charge in [0.05, 0.1) is 11.4 Å². The van der Waals surface area contributed by atoms with Gasteiger partial charge >= 0.3 is 0 Å². The number of fused-ring (bicyclic) bond motifs is 4. The minimum atomic E-state index is 0.722. The molecule has 2 nitrogen and oxygen atoms in total. The third-order valence-corrected chi connectivity index (χ3v) is 10.1. The summed E-state index contributed by atoms with van der Waals surface area (Å²) in [6, 6.07) is 60.3. The topological polar surface area (TPSA) is 25.8 Å². The molecule has 9 aromatic rings. The minimum Gasteiger partial charge on any atom is -0.228 e. The first-order valence-corrected chi connectivity index (χ1v) is 16.6. The van der Waals surface area contributed by atoms with Crippen LogP contribution in [0, 0.1) is 0 Å². The van der Waals surface area contributed by atoms with Crippen LogP contribution < -0.4 is 0 Å². The van der Waals surface area contributed by atoms with Crippen LogP contribution in [0.2, 0.25) is 0 Å². The normalized spacial score (nSPS) is 11.4. The van der Waals surface area contributed by atoms with Gasteiger partial charge < -0.3 is 0 Å². The summed E-state index contributed by atoms with van der Waals surface area (Å²) in [6.07, 6.45) is 0. The van der Waals surface area contributed by atoms with E-state index in [1.54, 1.807) is 0 Å². The van der Waals surface area contributed by atoms with Crippen LogP contribution in [0.4, 0.5) is 0 Å². The Morgan fingerprint density at radius 2 is 0.830 bits per heavy atom. The lowest BCUT2D eigenvalue weighted by Crippen LogP contribution is -1.97. The highest BCUT2D eigenvalue weighted by Gasteiger charge is 2.15. The molecule has 2 heterocycles. The summed E-state index contributed by atoms with van der Waals surface area (Å²) < 4.78 is 2.66. The molecule has 0 spiro atoms. The summed E-state index contributed by atoms with van der Waals surface area (Å²) in [7, 11) is 0. The highest BCUT2D eigenvalue weighted by Crippen LogP contribution is 2.39. The van der Waals surface area contributed by atoms with Gasteiger partial charge in [-0.05, 0) is 63.4 Å². The molecule has 47 heavy (non-hydrogen) atoms. The maximum Gasteiger partial charge on any atom is 0.161 e. The third kappa shape index (κ3) is 4.98. The lowest BCUT2D eigenvalue weighted by Gasteiger charge is -2.14. The maximum atomic E-state index is 5.12. The van der Waals surface area contributed by atoms with Gasteiger partial charge in [-0.2, -0.15) is 0 Å². The van der Waals surface area contributed by atoms with Gasteiger partial charge in [-0.3, -0.25) is 0 Å². The first-order chi connectivity index (χ1) is 23.3. The van der Waals surface area contributed by atoms with Crippen molar-refractivity contribution >= 4 is 42.3 Å². The fourth-order valence-corrected chi connectivity index (χ4v) is 7.66. The average molecular weight is 617 g/mol. The molecule has 0 radical (unpaired) electrons. The van der Waals surface area contributed by atoms with Gasteiger partial charge in [-0.25, -0.2) is 9.97 Å². The van der Waals surface area contributed by atoms with Crippen LogP contribution in [-0.2, 0) is 0 Å². The fraction of sp³-hybridized carbons (Fsp3) is 0. The lowest BCUT2D eigenvalue weighted by atomic mass is 9.93. The lowest BCUT2D eigenvalue weighted by molar-refractivity contribution is 1.19. The molecular formula is C44H28N2S. The number of benzene rings is 7. The zero-order valence-corrected chi connectivity index (χ0v) is 26.3. The smallest absolute Gasteiger partial charge is 0.161 e. The number of thiophene rings is 1. The molecule has 0 aliphatic heterocycles. The predicted molar refractivity (Wildman–Crippen MR) is 200 cm³/mol. The van der Waals surface area contributed by atoms with Crippen molar-refractivity contribution in [2.45, 2.75) is 0 Å². The summed E-state index contributed by atoms with van der Waals surface area (Å²) >= 11 is 1.86. The van der Waals surface area contributed by atoms with E-state index in [9.17, 15) is 0 Å². The molecule has 0 bridgehead atoms. The van der Waals surface area contributed by atoms with Crippen LogP contribution in [-0.4, -0.2) is 9.97 Å². The van der Waals surface area contributed by atoms with Crippen molar-refractivity contribution in [3.63, 3.8) is 0 Å². The van der Waals surface area contributed by atoms with Gasteiger partial charge in [0.15, 0.2) is 5.82 Å². The van der Waals surface area contributed by atoms with Crippen LogP contribution in [0.1, 0.15) is 0 Å². The quantitative estimate of drug-likeness (QED) is 0.192. The molecule has 0 aliphatic carbocycles. The molecular weight excluding hydrogens is 589 g/mol. The molecule has 0 aliphatic rings. The van der Waals surface area contributed by atoms with Crippen LogP contribution in [0.3, 0.4) is 0 Å². The van der Waals surface area contributed by atoms with Crippen molar-refractivity contribution < 1.29 is 0 Å². The number of nitrogens with zero attached hydrogens (tertiary/aromatic N) is 2. The monoisotopic (exact) mass is 616 g/mol. The highest BCUT2D eigenvalue weighted by atomic mass is 32.1. The summed E-state index contributed by atoms with van der Waals surface area (Å²) in [5.41, 5.74) is 9.80. The van der Waals surface area contributed by atoms with Crippen molar-refractivity contribution in [1.29, 1.82) is 0 Å². The van der Waals surface area contributed by atoms with E-state index in [4.69, 9.17) is 9.97 Å². The van der Waals surface area contributed by atoms with Gasteiger partial charge in [0.2, 0.25) is 0 Å². The van der Waals surface area contributed by atoms with Gasteiger partial charge in [0.1, 0.15) is 0 Å².